The minimum absolute atomic E-state index is 1.24. The Balaban J connectivity index is 1.98. The van der Waals surface area contributed by atoms with Crippen LogP contribution in [-0.2, 0) is 7.05 Å². The summed E-state index contributed by atoms with van der Waals surface area (Å²) in [4.78, 5) is 0. The maximum Gasteiger partial charge on any atom is 0.0568 e. The van der Waals surface area contributed by atoms with Crippen molar-refractivity contribution in [2.75, 3.05) is 0 Å². The van der Waals surface area contributed by atoms with E-state index in [2.05, 4.69) is 138 Å². The minimum Gasteiger partial charge on any atom is -0.343 e. The van der Waals surface area contributed by atoms with Gasteiger partial charge in [-0.05, 0) is 63.8 Å². The van der Waals surface area contributed by atoms with Crippen molar-refractivity contribution in [3.63, 3.8) is 0 Å². The third-order valence-electron chi connectivity index (χ3n) is 7.07. The Labute approximate surface area is 216 Å². The number of hydrogen-bond donors (Lipinski definition) is 0. The van der Waals surface area contributed by atoms with E-state index in [1.807, 2.05) is 0 Å². The first-order chi connectivity index (χ1) is 17.2. The summed E-state index contributed by atoms with van der Waals surface area (Å²) in [5, 5.41) is 0. The second kappa shape index (κ2) is 9.32. The zero-order valence-electron chi connectivity index (χ0n) is 22.5. The molecule has 0 aliphatic heterocycles. The standard InChI is InChI=1S/C35H35N/c1-22-8-12-28(13-9-22)34-32(30-18-24(3)16-25(4)19-30)33(31-20-26(5)17-27(6)21-31)35(36(34)7)29-14-10-23(2)11-15-29/h8-21H,1-7H3. The van der Waals surface area contributed by atoms with Gasteiger partial charge in [-0.25, -0.2) is 0 Å². The molecule has 0 atom stereocenters. The van der Waals surface area contributed by atoms with Gasteiger partial charge in [-0.3, -0.25) is 0 Å². The summed E-state index contributed by atoms with van der Waals surface area (Å²) < 4.78 is 2.41. The van der Waals surface area contributed by atoms with Crippen LogP contribution in [0.15, 0.2) is 84.9 Å². The van der Waals surface area contributed by atoms with E-state index in [0.29, 0.717) is 0 Å². The van der Waals surface area contributed by atoms with E-state index in [-0.39, 0.29) is 0 Å². The Bertz CT molecular complexity index is 1400. The first-order valence-corrected chi connectivity index (χ1v) is 12.8. The summed E-state index contributed by atoms with van der Waals surface area (Å²) in [6.45, 7) is 13.1. The molecule has 5 aromatic rings. The van der Waals surface area contributed by atoms with E-state index >= 15 is 0 Å². The van der Waals surface area contributed by atoms with Crippen molar-refractivity contribution in [2.24, 2.45) is 7.05 Å². The lowest BCUT2D eigenvalue weighted by molar-refractivity contribution is 0.947. The van der Waals surface area contributed by atoms with Gasteiger partial charge in [-0.15, -0.1) is 0 Å². The first-order valence-electron chi connectivity index (χ1n) is 12.8. The molecule has 0 radical (unpaired) electrons. The van der Waals surface area contributed by atoms with Crippen LogP contribution in [0.3, 0.4) is 0 Å². The Kier molecular flexibility index (Phi) is 6.18. The third kappa shape index (κ3) is 4.42. The topological polar surface area (TPSA) is 4.93 Å². The molecule has 0 bridgehead atoms. The molecule has 180 valence electrons. The van der Waals surface area contributed by atoms with E-state index in [0.717, 1.165) is 0 Å². The van der Waals surface area contributed by atoms with E-state index in [9.17, 15) is 0 Å². The van der Waals surface area contributed by atoms with Gasteiger partial charge >= 0.3 is 0 Å². The van der Waals surface area contributed by atoms with Crippen LogP contribution in [0, 0.1) is 41.5 Å². The van der Waals surface area contributed by atoms with E-state index in [1.54, 1.807) is 0 Å². The molecular formula is C35H35N. The molecule has 5 rings (SSSR count). The maximum atomic E-state index is 2.41. The number of benzene rings is 4. The molecule has 1 nitrogen and oxygen atoms in total. The molecule has 0 unspecified atom stereocenters. The molecule has 36 heavy (non-hydrogen) atoms. The molecule has 4 aromatic carbocycles. The van der Waals surface area contributed by atoms with Gasteiger partial charge in [0.25, 0.3) is 0 Å². The van der Waals surface area contributed by atoms with Crippen LogP contribution in [-0.4, -0.2) is 4.57 Å². The lowest BCUT2D eigenvalue weighted by atomic mass is 9.89. The van der Waals surface area contributed by atoms with Crippen LogP contribution in [0.1, 0.15) is 33.4 Å². The van der Waals surface area contributed by atoms with Crippen LogP contribution in [0.25, 0.3) is 44.8 Å². The van der Waals surface area contributed by atoms with Crippen molar-refractivity contribution in [3.05, 3.63) is 118 Å². The number of hydrogen-bond acceptors (Lipinski definition) is 0. The van der Waals surface area contributed by atoms with Crippen LogP contribution in [0.4, 0.5) is 0 Å². The number of aromatic nitrogens is 1. The Morgan fingerprint density at radius 3 is 0.972 bits per heavy atom. The normalized spacial score (nSPS) is 11.2. The zero-order valence-corrected chi connectivity index (χ0v) is 22.5. The van der Waals surface area contributed by atoms with Crippen molar-refractivity contribution in [1.29, 1.82) is 0 Å². The molecule has 1 heterocycles. The fourth-order valence-corrected chi connectivity index (χ4v) is 5.58. The molecule has 0 saturated carbocycles. The molecule has 1 aromatic heterocycles. The van der Waals surface area contributed by atoms with Crippen molar-refractivity contribution < 1.29 is 0 Å². The lowest BCUT2D eigenvalue weighted by Gasteiger charge is -2.13. The van der Waals surface area contributed by atoms with Crippen molar-refractivity contribution in [2.45, 2.75) is 41.5 Å². The van der Waals surface area contributed by atoms with Crippen LogP contribution >= 0.6 is 0 Å². The third-order valence-corrected chi connectivity index (χ3v) is 7.07. The molecule has 0 aliphatic rings. The summed E-state index contributed by atoms with van der Waals surface area (Å²) in [6.07, 6.45) is 0. The van der Waals surface area contributed by atoms with Crippen molar-refractivity contribution in [1.82, 2.24) is 4.57 Å². The van der Waals surface area contributed by atoms with Crippen LogP contribution in [0.2, 0.25) is 0 Å². The van der Waals surface area contributed by atoms with Crippen LogP contribution < -0.4 is 0 Å². The van der Waals surface area contributed by atoms with Gasteiger partial charge < -0.3 is 4.57 Å². The molecule has 0 amide bonds. The summed E-state index contributed by atoms with van der Waals surface area (Å²) in [5.74, 6) is 0. The summed E-state index contributed by atoms with van der Waals surface area (Å²) >= 11 is 0. The quantitative estimate of drug-likeness (QED) is 0.247. The number of rotatable bonds is 4. The first kappa shape index (κ1) is 23.9. The van der Waals surface area contributed by atoms with Crippen molar-refractivity contribution in [3.8, 4) is 44.8 Å². The molecular weight excluding hydrogens is 434 g/mol. The van der Waals surface area contributed by atoms with E-state index in [1.165, 1.54) is 78.1 Å². The van der Waals surface area contributed by atoms with Gasteiger partial charge in [0.2, 0.25) is 0 Å². The van der Waals surface area contributed by atoms with Gasteiger partial charge in [-0.1, -0.05) is 118 Å². The van der Waals surface area contributed by atoms with E-state index < -0.39 is 0 Å². The lowest BCUT2D eigenvalue weighted by Crippen LogP contribution is -1.96. The van der Waals surface area contributed by atoms with E-state index in [4.69, 9.17) is 0 Å². The van der Waals surface area contributed by atoms with Gasteiger partial charge in [-0.2, -0.15) is 0 Å². The molecule has 0 fully saturated rings. The average molecular weight is 470 g/mol. The maximum absolute atomic E-state index is 2.41. The molecule has 0 saturated heterocycles. The van der Waals surface area contributed by atoms with Gasteiger partial charge in [0.1, 0.15) is 0 Å². The minimum atomic E-state index is 1.24. The SMILES string of the molecule is Cc1ccc(-c2c(-c3cc(C)cc(C)c3)c(-c3cc(C)cc(C)c3)c(-c3ccc(C)cc3)n2C)cc1. The van der Waals surface area contributed by atoms with Gasteiger partial charge in [0, 0.05) is 18.2 Å². The fraction of sp³-hybridized carbons (Fsp3) is 0.200. The second-order valence-corrected chi connectivity index (χ2v) is 10.5. The second-order valence-electron chi connectivity index (χ2n) is 10.5. The highest BCUT2D eigenvalue weighted by molar-refractivity contribution is 6.02. The summed E-state index contributed by atoms with van der Waals surface area (Å²) in [6, 6.07) is 31.8. The smallest absolute Gasteiger partial charge is 0.0568 e. The zero-order chi connectivity index (χ0) is 25.6. The Hall–Kier alpha value is -3.84. The summed E-state index contributed by atoms with van der Waals surface area (Å²) in [5.41, 5.74) is 17.8. The highest BCUT2D eigenvalue weighted by Gasteiger charge is 2.26. The fourth-order valence-electron chi connectivity index (χ4n) is 5.58. The molecule has 1 heteroatoms. The highest BCUT2D eigenvalue weighted by Crippen LogP contribution is 2.48. The monoisotopic (exact) mass is 469 g/mol. The number of aryl methyl sites for hydroxylation is 6. The Morgan fingerprint density at radius 1 is 0.361 bits per heavy atom. The van der Waals surface area contributed by atoms with Gasteiger partial charge in [0.15, 0.2) is 0 Å². The molecule has 0 N–H and O–H groups in total. The van der Waals surface area contributed by atoms with Gasteiger partial charge in [0.05, 0.1) is 11.4 Å². The largest absolute Gasteiger partial charge is 0.343 e. The predicted molar refractivity (Wildman–Crippen MR) is 156 cm³/mol. The number of nitrogens with zero attached hydrogens (tertiary/aromatic N) is 1. The van der Waals surface area contributed by atoms with Crippen molar-refractivity contribution >= 4 is 0 Å². The Morgan fingerprint density at radius 2 is 0.667 bits per heavy atom. The molecule has 0 spiro atoms. The summed E-state index contributed by atoms with van der Waals surface area (Å²) in [7, 11) is 2.22. The average Bonchev–Trinajstić information content (AvgIpc) is 3.12. The highest BCUT2D eigenvalue weighted by atomic mass is 15.0. The predicted octanol–water partition coefficient (Wildman–Crippen LogP) is 9.54. The van der Waals surface area contributed by atoms with Crippen LogP contribution in [0.5, 0.6) is 0 Å². The molecule has 0 aliphatic carbocycles.